The third-order valence-corrected chi connectivity index (χ3v) is 2.78. The SMILES string of the molecule is NNC(=O)[C@@H]1C[C@H]1c1cccc(Cl)c1. The van der Waals surface area contributed by atoms with Crippen LogP contribution in [-0.4, -0.2) is 5.91 Å². The van der Waals surface area contributed by atoms with E-state index in [1.165, 1.54) is 0 Å². The monoisotopic (exact) mass is 210 g/mol. The number of hydrazine groups is 1. The lowest BCUT2D eigenvalue weighted by molar-refractivity contribution is -0.122. The summed E-state index contributed by atoms with van der Waals surface area (Å²) in [6.45, 7) is 0. The van der Waals surface area contributed by atoms with Crippen molar-refractivity contribution in [1.29, 1.82) is 0 Å². The number of nitrogens with one attached hydrogen (secondary N) is 1. The van der Waals surface area contributed by atoms with Crippen LogP contribution in [0.4, 0.5) is 0 Å². The van der Waals surface area contributed by atoms with Gasteiger partial charge in [-0.1, -0.05) is 23.7 Å². The third kappa shape index (κ3) is 1.74. The van der Waals surface area contributed by atoms with Crippen LogP contribution in [0.3, 0.4) is 0 Å². The molecule has 0 aromatic heterocycles. The molecular weight excluding hydrogens is 200 g/mol. The van der Waals surface area contributed by atoms with E-state index < -0.39 is 0 Å². The number of carbonyl (C=O) groups excluding carboxylic acids is 1. The Morgan fingerprint density at radius 2 is 2.36 bits per heavy atom. The molecule has 0 spiro atoms. The Morgan fingerprint density at radius 3 is 3.00 bits per heavy atom. The molecule has 1 saturated carbocycles. The van der Waals surface area contributed by atoms with Gasteiger partial charge in [0.25, 0.3) is 0 Å². The number of hydrogen-bond donors (Lipinski definition) is 2. The standard InChI is InChI=1S/C10H11ClN2O/c11-7-3-1-2-6(4-7)8-5-9(8)10(14)13-12/h1-4,8-9H,5,12H2,(H,13,14)/t8-,9+/m0/s1. The molecule has 0 saturated heterocycles. The zero-order valence-corrected chi connectivity index (χ0v) is 8.29. The summed E-state index contributed by atoms with van der Waals surface area (Å²) in [6, 6.07) is 7.61. The van der Waals surface area contributed by atoms with Gasteiger partial charge in [0.15, 0.2) is 0 Å². The molecule has 0 aliphatic heterocycles. The minimum absolute atomic E-state index is 0.0264. The molecule has 1 aromatic rings. The molecular formula is C10H11ClN2O. The topological polar surface area (TPSA) is 55.1 Å². The van der Waals surface area contributed by atoms with E-state index in [0.717, 1.165) is 12.0 Å². The first-order valence-electron chi connectivity index (χ1n) is 4.48. The van der Waals surface area contributed by atoms with Crippen molar-refractivity contribution in [2.24, 2.45) is 11.8 Å². The van der Waals surface area contributed by atoms with Crippen molar-refractivity contribution < 1.29 is 4.79 Å². The molecule has 1 fully saturated rings. The van der Waals surface area contributed by atoms with Gasteiger partial charge in [-0.2, -0.15) is 0 Å². The van der Waals surface area contributed by atoms with Crippen LogP contribution in [0.2, 0.25) is 5.02 Å². The van der Waals surface area contributed by atoms with Crippen molar-refractivity contribution in [3.63, 3.8) is 0 Å². The summed E-state index contributed by atoms with van der Waals surface area (Å²) in [5, 5.41) is 0.710. The van der Waals surface area contributed by atoms with Crippen LogP contribution in [0.1, 0.15) is 17.9 Å². The van der Waals surface area contributed by atoms with E-state index in [0.29, 0.717) is 5.02 Å². The summed E-state index contributed by atoms with van der Waals surface area (Å²) in [6.07, 6.45) is 0.864. The van der Waals surface area contributed by atoms with Crippen LogP contribution >= 0.6 is 11.6 Å². The average molecular weight is 211 g/mol. The van der Waals surface area contributed by atoms with Gasteiger partial charge in [0, 0.05) is 10.9 Å². The van der Waals surface area contributed by atoms with Gasteiger partial charge in [-0.3, -0.25) is 10.2 Å². The lowest BCUT2D eigenvalue weighted by atomic mass is 10.1. The van der Waals surface area contributed by atoms with Crippen molar-refractivity contribution in [2.75, 3.05) is 0 Å². The Balaban J connectivity index is 2.09. The van der Waals surface area contributed by atoms with E-state index >= 15 is 0 Å². The fourth-order valence-corrected chi connectivity index (χ4v) is 1.90. The largest absolute Gasteiger partial charge is 0.294 e. The number of amides is 1. The van der Waals surface area contributed by atoms with Crippen molar-refractivity contribution in [3.05, 3.63) is 34.9 Å². The maximum absolute atomic E-state index is 11.2. The van der Waals surface area contributed by atoms with Gasteiger partial charge in [0.1, 0.15) is 0 Å². The zero-order chi connectivity index (χ0) is 10.1. The molecule has 0 heterocycles. The molecule has 1 aliphatic rings. The third-order valence-electron chi connectivity index (χ3n) is 2.55. The van der Waals surface area contributed by atoms with Crippen molar-refractivity contribution in [3.8, 4) is 0 Å². The van der Waals surface area contributed by atoms with Gasteiger partial charge >= 0.3 is 0 Å². The van der Waals surface area contributed by atoms with Crippen LogP contribution in [0.5, 0.6) is 0 Å². The predicted octanol–water partition coefficient (Wildman–Crippen LogP) is 1.43. The Labute approximate surface area is 87.2 Å². The Bertz CT molecular complexity index is 367. The number of nitrogens with two attached hydrogens (primary N) is 1. The molecule has 74 valence electrons. The number of rotatable bonds is 2. The number of halogens is 1. The first-order valence-corrected chi connectivity index (χ1v) is 4.86. The first-order chi connectivity index (χ1) is 6.72. The molecule has 3 N–H and O–H groups in total. The second-order valence-electron chi connectivity index (χ2n) is 3.51. The molecule has 14 heavy (non-hydrogen) atoms. The fourth-order valence-electron chi connectivity index (χ4n) is 1.70. The van der Waals surface area contributed by atoms with Gasteiger partial charge in [0.2, 0.25) is 5.91 Å². The lowest BCUT2D eigenvalue weighted by Gasteiger charge is -2.00. The second kappa shape index (κ2) is 3.59. The van der Waals surface area contributed by atoms with Gasteiger partial charge < -0.3 is 0 Å². The van der Waals surface area contributed by atoms with Crippen LogP contribution < -0.4 is 11.3 Å². The normalized spacial score (nSPS) is 24.4. The highest BCUT2D eigenvalue weighted by molar-refractivity contribution is 6.30. The zero-order valence-electron chi connectivity index (χ0n) is 7.53. The van der Waals surface area contributed by atoms with Gasteiger partial charge in [-0.15, -0.1) is 0 Å². The molecule has 1 aliphatic carbocycles. The number of hydrogen-bond acceptors (Lipinski definition) is 2. The molecule has 3 nitrogen and oxygen atoms in total. The Morgan fingerprint density at radius 1 is 1.57 bits per heavy atom. The molecule has 0 unspecified atom stereocenters. The quantitative estimate of drug-likeness (QED) is 0.441. The highest BCUT2D eigenvalue weighted by Crippen LogP contribution is 2.47. The van der Waals surface area contributed by atoms with Crippen molar-refractivity contribution in [2.45, 2.75) is 12.3 Å². The average Bonchev–Trinajstić information content (AvgIpc) is 2.96. The van der Waals surface area contributed by atoms with Gasteiger partial charge in [0.05, 0.1) is 0 Å². The molecule has 4 heteroatoms. The fraction of sp³-hybridized carbons (Fsp3) is 0.300. The smallest absolute Gasteiger partial charge is 0.237 e. The summed E-state index contributed by atoms with van der Waals surface area (Å²) < 4.78 is 0. The summed E-state index contributed by atoms with van der Waals surface area (Å²) >= 11 is 5.85. The highest BCUT2D eigenvalue weighted by atomic mass is 35.5. The Hall–Kier alpha value is -1.06. The first kappa shape index (κ1) is 9.49. The summed E-state index contributed by atoms with van der Waals surface area (Å²) in [7, 11) is 0. The predicted molar refractivity (Wildman–Crippen MR) is 54.6 cm³/mol. The van der Waals surface area contributed by atoms with Crippen LogP contribution in [-0.2, 0) is 4.79 Å². The highest BCUT2D eigenvalue weighted by Gasteiger charge is 2.43. The number of carbonyl (C=O) groups is 1. The van der Waals surface area contributed by atoms with E-state index in [4.69, 9.17) is 17.4 Å². The van der Waals surface area contributed by atoms with Crippen LogP contribution in [0, 0.1) is 5.92 Å². The Kier molecular flexibility index (Phi) is 2.44. The molecule has 1 amide bonds. The lowest BCUT2D eigenvalue weighted by Crippen LogP contribution is -2.31. The van der Waals surface area contributed by atoms with E-state index in [2.05, 4.69) is 5.43 Å². The summed E-state index contributed by atoms with van der Waals surface area (Å²) in [5.74, 6) is 5.29. The van der Waals surface area contributed by atoms with Gasteiger partial charge in [-0.05, 0) is 30.0 Å². The molecule has 2 atom stereocenters. The summed E-state index contributed by atoms with van der Waals surface area (Å²) in [4.78, 5) is 11.2. The van der Waals surface area contributed by atoms with Crippen molar-refractivity contribution >= 4 is 17.5 Å². The molecule has 0 bridgehead atoms. The molecule has 0 radical (unpaired) electrons. The number of benzene rings is 1. The van der Waals surface area contributed by atoms with E-state index in [1.807, 2.05) is 24.3 Å². The van der Waals surface area contributed by atoms with Crippen LogP contribution in [0.25, 0.3) is 0 Å². The van der Waals surface area contributed by atoms with Gasteiger partial charge in [-0.25, -0.2) is 5.84 Å². The van der Waals surface area contributed by atoms with E-state index in [-0.39, 0.29) is 17.7 Å². The minimum atomic E-state index is -0.0880. The summed E-state index contributed by atoms with van der Waals surface area (Å²) in [5.41, 5.74) is 3.29. The maximum Gasteiger partial charge on any atom is 0.237 e. The van der Waals surface area contributed by atoms with Crippen molar-refractivity contribution in [1.82, 2.24) is 5.43 Å². The maximum atomic E-state index is 11.2. The minimum Gasteiger partial charge on any atom is -0.294 e. The molecule has 2 rings (SSSR count). The van der Waals surface area contributed by atoms with E-state index in [9.17, 15) is 4.79 Å². The van der Waals surface area contributed by atoms with Crippen LogP contribution in [0.15, 0.2) is 24.3 Å². The molecule has 1 aromatic carbocycles. The van der Waals surface area contributed by atoms with E-state index in [1.54, 1.807) is 0 Å². The second-order valence-corrected chi connectivity index (χ2v) is 3.95.